The molecule has 0 unspecified atom stereocenters. The molecule has 1 aliphatic rings. The van der Waals surface area contributed by atoms with Gasteiger partial charge in [-0.1, -0.05) is 116 Å². The van der Waals surface area contributed by atoms with Gasteiger partial charge in [0.15, 0.2) is 0 Å². The molecule has 0 aliphatic carbocycles. The van der Waals surface area contributed by atoms with Crippen molar-refractivity contribution < 1.29 is 67.7 Å². The first-order valence-corrected chi connectivity index (χ1v) is 36.9. The van der Waals surface area contributed by atoms with E-state index in [0.29, 0.717) is 38.0 Å². The molecule has 1 saturated heterocycles. The Morgan fingerprint density at radius 3 is 1.37 bits per heavy atom. The van der Waals surface area contributed by atoms with E-state index in [1.165, 1.54) is 111 Å². The topological polar surface area (TPSA) is 328 Å². The molecule has 0 aromatic rings. The average Bonchev–Trinajstić information content (AvgIpc) is 0.807. The van der Waals surface area contributed by atoms with Crippen molar-refractivity contribution >= 4 is 82.6 Å². The summed E-state index contributed by atoms with van der Waals surface area (Å²) in [6.45, 7) is 30.0. The number of aliphatic hydroxyl groups is 2. The summed E-state index contributed by atoms with van der Waals surface area (Å²) in [4.78, 5) is 185. The highest BCUT2D eigenvalue weighted by Gasteiger charge is 2.46. The molecule has 1 heterocycles. The fourth-order valence-corrected chi connectivity index (χ4v) is 13.6. The molecule has 0 aromatic carbocycles. The molecule has 0 radical (unpaired) electrons. The molecular weight excluding hydrogens is 1280 g/mol. The number of aliphatic hydroxyl groups excluding tert-OH is 2. The predicted molar refractivity (Wildman–Crippen MR) is 383 cm³/mol. The van der Waals surface area contributed by atoms with Gasteiger partial charge in [0.05, 0.1) is 6.10 Å². The Morgan fingerprint density at radius 1 is 0.459 bits per heavy atom. The monoisotopic (exact) mass is 1410 g/mol. The van der Waals surface area contributed by atoms with Crippen molar-refractivity contribution in [1.82, 2.24) is 60.9 Å². The lowest BCUT2D eigenvalue weighted by Crippen LogP contribution is -2.64. The number of hydrogen-bond donors (Lipinski definition) is 7. The Kier molecular flexibility index (Phi) is 40.0. The second-order valence-electron chi connectivity index (χ2n) is 29.7. The van der Waals surface area contributed by atoms with E-state index >= 15 is 28.8 Å². The van der Waals surface area contributed by atoms with Crippen molar-refractivity contribution in [2.75, 3.05) is 74.0 Å². The van der Waals surface area contributed by atoms with Crippen molar-refractivity contribution in [3.8, 4) is 0 Å². The third-order valence-electron chi connectivity index (χ3n) is 18.6. The molecule has 12 amide bonds. The highest BCUT2D eigenvalue weighted by atomic mass is 32.2. The molecule has 27 heteroatoms. The Hall–Kier alpha value is -6.09. The molecule has 0 bridgehead atoms. The van der Waals surface area contributed by atoms with Crippen LogP contribution in [0, 0.1) is 41.4 Å². The summed E-state index contributed by atoms with van der Waals surface area (Å²) in [5.74, 6) is -9.70. The minimum absolute atomic E-state index is 0.0225. The van der Waals surface area contributed by atoms with Gasteiger partial charge in [-0.15, -0.1) is 0 Å². The number of nitrogens with zero attached hydrogens (tertiary/aromatic N) is 7. The highest BCUT2D eigenvalue weighted by Crippen LogP contribution is 2.27. The third-order valence-corrected chi connectivity index (χ3v) is 19.7. The lowest BCUT2D eigenvalue weighted by atomic mass is 9.90. The van der Waals surface area contributed by atoms with Gasteiger partial charge in [0.2, 0.25) is 70.9 Å². The van der Waals surface area contributed by atoms with Gasteiger partial charge in [-0.3, -0.25) is 57.5 Å². The fourth-order valence-electron chi connectivity index (χ4n) is 12.4. The molecule has 1 fully saturated rings. The maximum atomic E-state index is 15.5. The second-order valence-corrected chi connectivity index (χ2v) is 30.8. The average molecular weight is 1410 g/mol. The van der Waals surface area contributed by atoms with Crippen LogP contribution in [0.4, 0.5) is 0 Å². The number of nitrogens with one attached hydrogen (secondary N) is 5. The first-order chi connectivity index (χ1) is 45.5. The van der Waals surface area contributed by atoms with Crippen LogP contribution in [-0.2, 0) is 57.5 Å². The summed E-state index contributed by atoms with van der Waals surface area (Å²) in [6, 6.07) is -14.0. The molecule has 0 saturated carbocycles. The second kappa shape index (κ2) is 43.5. The van der Waals surface area contributed by atoms with Crippen LogP contribution < -0.4 is 26.6 Å². The van der Waals surface area contributed by atoms with Crippen molar-refractivity contribution in [2.45, 2.75) is 267 Å². The van der Waals surface area contributed by atoms with Crippen LogP contribution >= 0.6 is 11.8 Å². The number of hydrogen-bond acceptors (Lipinski definition) is 15. The largest absolute Gasteiger partial charge is 0.396 e. The van der Waals surface area contributed by atoms with Gasteiger partial charge in [-0.25, -0.2) is 0 Å². The summed E-state index contributed by atoms with van der Waals surface area (Å²) in [7, 11) is 10.0. The van der Waals surface area contributed by atoms with E-state index in [0.717, 1.165) is 24.2 Å². The van der Waals surface area contributed by atoms with E-state index in [1.807, 2.05) is 55.4 Å². The van der Waals surface area contributed by atoms with Crippen molar-refractivity contribution in [3.63, 3.8) is 0 Å². The third kappa shape index (κ3) is 27.5. The Balaban J connectivity index is 4.53. The maximum absolute atomic E-state index is 15.5. The Bertz CT molecular complexity index is 2610. The summed E-state index contributed by atoms with van der Waals surface area (Å²) in [5.41, 5.74) is 0. The first-order valence-electron chi connectivity index (χ1n) is 35.7. The van der Waals surface area contributed by atoms with Crippen molar-refractivity contribution in [1.29, 1.82) is 0 Å². The lowest BCUT2D eigenvalue weighted by Gasteiger charge is -2.41. The van der Waals surface area contributed by atoms with E-state index < -0.39 is 155 Å². The number of carbonyl (C=O) groups is 12. The zero-order valence-electron chi connectivity index (χ0n) is 64.1. The van der Waals surface area contributed by atoms with E-state index in [-0.39, 0.29) is 74.0 Å². The number of thioether (sulfide) groups is 1. The number of rotatable bonds is 26. The minimum atomic E-state index is -1.66. The van der Waals surface area contributed by atoms with Gasteiger partial charge in [-0.05, 0) is 119 Å². The van der Waals surface area contributed by atoms with Gasteiger partial charge in [0.1, 0.15) is 66.5 Å². The smallest absolute Gasteiger partial charge is 0.246 e. The van der Waals surface area contributed by atoms with Gasteiger partial charge in [-0.2, -0.15) is 11.8 Å². The molecule has 0 aromatic heterocycles. The first kappa shape index (κ1) is 89.9. The van der Waals surface area contributed by atoms with Crippen LogP contribution in [-0.4, -0.2) is 262 Å². The molecule has 564 valence electrons. The van der Waals surface area contributed by atoms with Crippen LogP contribution in [0.15, 0.2) is 0 Å². The molecular formula is C71H130N12O14S. The molecule has 1 aliphatic heterocycles. The van der Waals surface area contributed by atoms with Crippen LogP contribution in [0.25, 0.3) is 0 Å². The van der Waals surface area contributed by atoms with Gasteiger partial charge in [0.25, 0.3) is 0 Å². The van der Waals surface area contributed by atoms with Gasteiger partial charge in [0, 0.05) is 75.2 Å². The summed E-state index contributed by atoms with van der Waals surface area (Å²) < 4.78 is 0. The number of unbranched alkanes of at least 4 members (excludes halogenated alkanes) is 4. The van der Waals surface area contributed by atoms with E-state index in [4.69, 9.17) is 0 Å². The summed E-state index contributed by atoms with van der Waals surface area (Å²) >= 11 is 1.35. The normalized spacial score (nSPS) is 25.5. The fraction of sp³-hybridized carbons (Fsp3) is 0.831. The lowest BCUT2D eigenvalue weighted by molar-refractivity contribution is -0.157. The Labute approximate surface area is 591 Å². The van der Waals surface area contributed by atoms with Crippen LogP contribution in [0.1, 0.15) is 195 Å². The van der Waals surface area contributed by atoms with E-state index in [2.05, 4.69) is 26.6 Å². The van der Waals surface area contributed by atoms with Crippen molar-refractivity contribution in [2.24, 2.45) is 41.4 Å². The Morgan fingerprint density at radius 2 is 0.888 bits per heavy atom. The number of likely N-dealkylation sites (N-methyl/N-ethyl adjacent to an activating group) is 7. The number of amides is 12. The molecule has 98 heavy (non-hydrogen) atoms. The molecule has 0 spiro atoms. The van der Waals surface area contributed by atoms with E-state index in [1.54, 1.807) is 41.5 Å². The van der Waals surface area contributed by atoms with Gasteiger partial charge >= 0.3 is 0 Å². The summed E-state index contributed by atoms with van der Waals surface area (Å²) in [6.07, 6.45) is 3.26. The molecule has 13 atom stereocenters. The predicted octanol–water partition coefficient (Wildman–Crippen LogP) is 4.26. The maximum Gasteiger partial charge on any atom is 0.246 e. The summed E-state index contributed by atoms with van der Waals surface area (Å²) in [5, 5.41) is 36.1. The van der Waals surface area contributed by atoms with Gasteiger partial charge < -0.3 is 71.1 Å². The van der Waals surface area contributed by atoms with E-state index in [9.17, 15) is 39.0 Å². The molecule has 26 nitrogen and oxygen atoms in total. The van der Waals surface area contributed by atoms with Crippen LogP contribution in [0.3, 0.4) is 0 Å². The quantitative estimate of drug-likeness (QED) is 0.0595. The molecule has 1 rings (SSSR count). The highest BCUT2D eigenvalue weighted by molar-refractivity contribution is 7.99. The van der Waals surface area contributed by atoms with Crippen LogP contribution in [0.2, 0.25) is 0 Å². The number of carbonyl (C=O) groups excluding carboxylic acids is 12. The van der Waals surface area contributed by atoms with Crippen molar-refractivity contribution in [3.05, 3.63) is 0 Å². The SMILES string of the molecule is CC[C@@H]1NC(=O)[C@H]([C@H](O)[C@H](C)CCCCCCNC(C)=O)N(C)C(=O)[C@H](C(C)C)N(C)C(=O)[C@H](CC(C)C)N(C)C(=O)[C@H](CC(C)C)N(C)C(=O)[C@@H](C)NC(=O)[C@H](C)NC(=O)[C@H](CC(C)C)N(C)C(=O)[C@H](C(C)C)NC(=O)[C@H](CC(C)C)N(C)C(=O)[C@@H](CSCCCCO)N(C)C1=O. The minimum Gasteiger partial charge on any atom is -0.396 e. The zero-order chi connectivity index (χ0) is 75.5. The molecule has 7 N–H and O–H groups in total. The van der Waals surface area contributed by atoms with Crippen LogP contribution in [0.5, 0.6) is 0 Å². The standard InChI is InChI=1S/C71H130N12O14S/c1-25-51-66(92)81(22)56(40-98-35-31-30-34-84)69(95)77(18)53(37-42(4)5)63(89)76-57(45(10)11)70(96)78(19)52(36-41(2)3)62(88)73-48(15)61(87)74-49(16)65(91)79(20)54(38-43(6)7)67(93)80(21)55(39-44(8)9)68(94)82(23)58(46(12)13)71(97)83(24)59(64(90)75-51)60(86)47(14)32-28-26-27-29-33-72-50(17)85/h41-49,51-60,84,86H,25-40H2,1-24H3,(H,72,85)(H,73,88)(H,74,87)(H,75,90)(H,76,89)/t47-,48+,49-,51+,52+,53+,54+,55+,56-,57+,58+,59+,60-/m1/s1. The zero-order valence-corrected chi connectivity index (χ0v) is 64.9.